The summed E-state index contributed by atoms with van der Waals surface area (Å²) in [6.07, 6.45) is 0.333. The molecule has 27 heavy (non-hydrogen) atoms. The highest BCUT2D eigenvalue weighted by Crippen LogP contribution is 2.38. The number of primary amides is 1. The number of hydrogen-bond donors (Lipinski definition) is 2. The number of halogens is 2. The smallest absolute Gasteiger partial charge is 0.262 e. The maximum atomic E-state index is 14.8. The zero-order valence-electron chi connectivity index (χ0n) is 14.8. The summed E-state index contributed by atoms with van der Waals surface area (Å²) in [5.74, 6) is -3.25. The second-order valence-corrected chi connectivity index (χ2v) is 6.74. The number of carbonyl (C=O) groups excluding carboxylic acids is 2. The van der Waals surface area contributed by atoms with Crippen LogP contribution in [-0.4, -0.2) is 21.5 Å². The number of hydrogen-bond acceptors (Lipinski definition) is 3. The molecule has 1 atom stereocenters. The fourth-order valence-corrected chi connectivity index (χ4v) is 3.56. The third-order valence-corrected chi connectivity index (χ3v) is 4.98. The van der Waals surface area contributed by atoms with E-state index in [1.165, 1.54) is 16.7 Å². The molecule has 1 amide bonds. The number of phenols is 1. The molecule has 140 valence electrons. The summed E-state index contributed by atoms with van der Waals surface area (Å²) >= 11 is 5.88. The Morgan fingerprint density at radius 1 is 1.22 bits per heavy atom. The zero-order chi connectivity index (χ0) is 19.9. The van der Waals surface area contributed by atoms with E-state index >= 15 is 0 Å². The van der Waals surface area contributed by atoms with E-state index in [9.17, 15) is 19.1 Å². The quantitative estimate of drug-likeness (QED) is 0.705. The molecule has 3 aromatic rings. The van der Waals surface area contributed by atoms with Gasteiger partial charge < -0.3 is 10.8 Å². The minimum absolute atomic E-state index is 0.0282. The normalized spacial score (nSPS) is 12.3. The Bertz CT molecular complexity index is 1060. The molecular weight excluding hydrogens is 371 g/mol. The lowest BCUT2D eigenvalue weighted by atomic mass is 9.93. The highest BCUT2D eigenvalue weighted by Gasteiger charge is 2.29. The van der Waals surface area contributed by atoms with Gasteiger partial charge in [-0.15, -0.1) is 0 Å². The minimum atomic E-state index is -0.882. The predicted octanol–water partition coefficient (Wildman–Crippen LogP) is 4.12. The van der Waals surface area contributed by atoms with Crippen LogP contribution in [0.1, 0.15) is 40.9 Å². The van der Waals surface area contributed by atoms with E-state index in [0.717, 1.165) is 0 Å². The molecule has 0 saturated heterocycles. The number of nitrogens with two attached hydrogens (primary N) is 1. The predicted molar refractivity (Wildman–Crippen MR) is 102 cm³/mol. The number of nitrogens with zero attached hydrogens (tertiary/aromatic N) is 1. The summed E-state index contributed by atoms with van der Waals surface area (Å²) in [5, 5.41) is 10.3. The van der Waals surface area contributed by atoms with E-state index in [2.05, 4.69) is 0 Å². The van der Waals surface area contributed by atoms with Crippen molar-refractivity contribution in [1.82, 2.24) is 4.57 Å². The maximum absolute atomic E-state index is 14.8. The molecule has 7 heteroatoms. The molecule has 5 nitrogen and oxygen atoms in total. The third-order valence-electron chi connectivity index (χ3n) is 4.73. The largest absolute Gasteiger partial charge is 0.505 e. The summed E-state index contributed by atoms with van der Waals surface area (Å²) in [6.45, 7) is 3.38. The van der Waals surface area contributed by atoms with Crippen LogP contribution in [-0.2, 0) is 4.79 Å². The molecule has 0 aliphatic rings. The van der Waals surface area contributed by atoms with Crippen molar-refractivity contribution in [2.24, 2.45) is 5.73 Å². The Morgan fingerprint density at radius 2 is 1.85 bits per heavy atom. The molecule has 3 rings (SSSR count). The first kappa shape index (κ1) is 18.9. The van der Waals surface area contributed by atoms with Crippen LogP contribution in [0, 0.1) is 12.7 Å². The molecule has 2 aromatic carbocycles. The number of carbonyl (C=O) groups is 2. The summed E-state index contributed by atoms with van der Waals surface area (Å²) in [5.41, 5.74) is 6.84. The van der Waals surface area contributed by atoms with Gasteiger partial charge in [-0.3, -0.25) is 14.2 Å². The average molecular weight is 389 g/mol. The fraction of sp³-hybridized carbons (Fsp3) is 0.200. The van der Waals surface area contributed by atoms with Gasteiger partial charge in [-0.1, -0.05) is 18.5 Å². The molecule has 0 saturated carbocycles. The molecule has 1 heterocycles. The summed E-state index contributed by atoms with van der Waals surface area (Å²) in [4.78, 5) is 25.0. The highest BCUT2D eigenvalue weighted by atomic mass is 35.5. The van der Waals surface area contributed by atoms with Crippen LogP contribution in [0.2, 0.25) is 5.02 Å². The van der Waals surface area contributed by atoms with Crippen molar-refractivity contribution in [3.05, 3.63) is 64.1 Å². The van der Waals surface area contributed by atoms with Gasteiger partial charge in [0.1, 0.15) is 0 Å². The van der Waals surface area contributed by atoms with Crippen molar-refractivity contribution < 1.29 is 19.1 Å². The van der Waals surface area contributed by atoms with Gasteiger partial charge in [0, 0.05) is 21.7 Å². The lowest BCUT2D eigenvalue weighted by Gasteiger charge is -2.13. The van der Waals surface area contributed by atoms with Crippen molar-refractivity contribution in [1.29, 1.82) is 0 Å². The molecule has 0 bridgehead atoms. The molecule has 0 aliphatic carbocycles. The van der Waals surface area contributed by atoms with Crippen LogP contribution in [0.4, 0.5) is 4.39 Å². The monoisotopic (exact) mass is 388 g/mol. The van der Waals surface area contributed by atoms with Gasteiger partial charge in [-0.05, 0) is 55.3 Å². The first-order valence-corrected chi connectivity index (χ1v) is 8.77. The molecule has 0 fully saturated rings. The minimum Gasteiger partial charge on any atom is -0.505 e. The first-order valence-electron chi connectivity index (χ1n) is 8.39. The Labute approximate surface area is 160 Å². The third kappa shape index (κ3) is 3.06. The number of benzene rings is 2. The van der Waals surface area contributed by atoms with Crippen LogP contribution in [0.25, 0.3) is 10.9 Å². The van der Waals surface area contributed by atoms with Crippen LogP contribution < -0.4 is 5.73 Å². The van der Waals surface area contributed by atoms with E-state index in [0.29, 0.717) is 28.3 Å². The van der Waals surface area contributed by atoms with E-state index in [4.69, 9.17) is 17.3 Å². The Hall–Kier alpha value is -2.86. The lowest BCUT2D eigenvalue weighted by Crippen LogP contribution is -2.22. The summed E-state index contributed by atoms with van der Waals surface area (Å²) in [6, 6.07) is 8.93. The second kappa shape index (κ2) is 7.04. The molecule has 3 N–H and O–H groups in total. The summed E-state index contributed by atoms with van der Waals surface area (Å²) in [7, 11) is 0. The molecule has 0 aliphatic heterocycles. The Balaban J connectivity index is 2.36. The SMILES string of the molecule is CCC(C(N)=O)c1c(C)n(C(=O)c2ccc(Cl)cc2)c2ccc(O)c(F)c12. The van der Waals surface area contributed by atoms with Crippen molar-refractivity contribution >= 4 is 34.3 Å². The number of rotatable bonds is 4. The van der Waals surface area contributed by atoms with Crippen molar-refractivity contribution in [2.45, 2.75) is 26.2 Å². The molecule has 1 unspecified atom stereocenters. The van der Waals surface area contributed by atoms with Crippen LogP contribution in [0.3, 0.4) is 0 Å². The molecule has 0 radical (unpaired) electrons. The maximum Gasteiger partial charge on any atom is 0.262 e. The first-order chi connectivity index (χ1) is 12.8. The number of aromatic hydroxyl groups is 1. The van der Waals surface area contributed by atoms with E-state index < -0.39 is 29.3 Å². The number of amides is 1. The van der Waals surface area contributed by atoms with Gasteiger partial charge in [-0.25, -0.2) is 4.39 Å². The van der Waals surface area contributed by atoms with Gasteiger partial charge in [0.2, 0.25) is 5.91 Å². The van der Waals surface area contributed by atoms with Crippen molar-refractivity contribution in [3.63, 3.8) is 0 Å². The van der Waals surface area contributed by atoms with Gasteiger partial charge in [0.15, 0.2) is 11.6 Å². The second-order valence-electron chi connectivity index (χ2n) is 6.30. The van der Waals surface area contributed by atoms with Crippen LogP contribution in [0.15, 0.2) is 36.4 Å². The topological polar surface area (TPSA) is 85.3 Å². The van der Waals surface area contributed by atoms with Crippen LogP contribution >= 0.6 is 11.6 Å². The number of aromatic nitrogens is 1. The summed E-state index contributed by atoms with van der Waals surface area (Å²) < 4.78 is 16.1. The molecule has 0 spiro atoms. The van der Waals surface area contributed by atoms with Crippen molar-refractivity contribution in [3.8, 4) is 5.75 Å². The average Bonchev–Trinajstić information content (AvgIpc) is 2.92. The lowest BCUT2D eigenvalue weighted by molar-refractivity contribution is -0.119. The van der Waals surface area contributed by atoms with Gasteiger partial charge in [0.05, 0.1) is 11.4 Å². The zero-order valence-corrected chi connectivity index (χ0v) is 15.5. The Morgan fingerprint density at radius 3 is 2.41 bits per heavy atom. The van der Waals surface area contributed by atoms with E-state index in [1.54, 1.807) is 38.1 Å². The van der Waals surface area contributed by atoms with Gasteiger partial charge in [0.25, 0.3) is 5.91 Å². The van der Waals surface area contributed by atoms with Gasteiger partial charge >= 0.3 is 0 Å². The Kier molecular flexibility index (Phi) is 4.93. The standard InChI is InChI=1S/C20H18ClFN2O3/c1-3-13(19(23)26)16-10(2)24(14-8-9-15(25)18(22)17(14)16)20(27)11-4-6-12(21)7-5-11/h4-9,13,25H,3H2,1-2H3,(H2,23,26). The van der Waals surface area contributed by atoms with Crippen molar-refractivity contribution in [2.75, 3.05) is 0 Å². The fourth-order valence-electron chi connectivity index (χ4n) is 3.44. The molecule has 1 aromatic heterocycles. The van der Waals surface area contributed by atoms with E-state index in [1.807, 2.05) is 0 Å². The number of phenolic OH excluding ortho intramolecular Hbond substituents is 1. The van der Waals surface area contributed by atoms with Gasteiger partial charge in [-0.2, -0.15) is 0 Å². The number of fused-ring (bicyclic) bond motifs is 1. The van der Waals surface area contributed by atoms with Crippen LogP contribution in [0.5, 0.6) is 5.75 Å². The van der Waals surface area contributed by atoms with E-state index in [-0.39, 0.29) is 10.9 Å². The molecular formula is C20H18ClFN2O3. The highest BCUT2D eigenvalue weighted by molar-refractivity contribution is 6.30.